The van der Waals surface area contributed by atoms with Gasteiger partial charge in [-0.2, -0.15) is 0 Å². The number of nitrogens with one attached hydrogen (secondary N) is 3. The summed E-state index contributed by atoms with van der Waals surface area (Å²) >= 11 is 0. The van der Waals surface area contributed by atoms with Crippen molar-refractivity contribution >= 4 is 17.5 Å². The molecule has 1 aliphatic rings. The molecule has 2 heterocycles. The first-order chi connectivity index (χ1) is 12.5. The molecule has 1 aromatic carbocycles. The summed E-state index contributed by atoms with van der Waals surface area (Å²) in [5.74, 6) is 1.05. The number of ether oxygens (including phenoxy) is 1. The van der Waals surface area contributed by atoms with Gasteiger partial charge in [-0.1, -0.05) is 6.07 Å². The Morgan fingerprint density at radius 2 is 2.12 bits per heavy atom. The van der Waals surface area contributed by atoms with E-state index < -0.39 is 0 Å². The maximum Gasteiger partial charge on any atom is 0.324 e. The molecule has 3 rings (SSSR count). The van der Waals surface area contributed by atoms with E-state index in [0.717, 1.165) is 30.6 Å². The van der Waals surface area contributed by atoms with Gasteiger partial charge in [0.25, 0.3) is 0 Å². The zero-order chi connectivity index (χ0) is 18.5. The van der Waals surface area contributed by atoms with Crippen molar-refractivity contribution in [2.75, 3.05) is 17.2 Å². The Morgan fingerprint density at radius 3 is 2.81 bits per heavy atom. The van der Waals surface area contributed by atoms with E-state index in [4.69, 9.17) is 4.74 Å². The number of rotatable bonds is 5. The Morgan fingerprint density at radius 1 is 1.27 bits per heavy atom. The molecule has 2 amide bonds. The first kappa shape index (κ1) is 18.1. The lowest BCUT2D eigenvalue weighted by molar-refractivity contribution is 0.181. The fourth-order valence-electron chi connectivity index (χ4n) is 2.97. The third-order valence-electron chi connectivity index (χ3n) is 4.38. The monoisotopic (exact) mass is 355 g/mol. The van der Waals surface area contributed by atoms with Crippen molar-refractivity contribution < 1.29 is 9.53 Å². The average Bonchev–Trinajstić information content (AvgIpc) is 3.14. The van der Waals surface area contributed by atoms with Crippen LogP contribution in [0.2, 0.25) is 0 Å². The van der Waals surface area contributed by atoms with Gasteiger partial charge in [-0.3, -0.25) is 10.3 Å². The molecule has 0 aliphatic carbocycles. The van der Waals surface area contributed by atoms with Crippen molar-refractivity contribution in [3.05, 3.63) is 41.9 Å². The highest BCUT2D eigenvalue weighted by Crippen LogP contribution is 2.28. The molecule has 2 atom stereocenters. The second kappa shape index (κ2) is 8.14. The largest absolute Gasteiger partial charge is 0.487 e. The SMILES string of the molecule is Cc1ccc(OC(C)C2CCCN2)c(NC(=O)Nc2cnc(C)cn2)c1. The molecule has 3 N–H and O–H groups in total. The lowest BCUT2D eigenvalue weighted by Gasteiger charge is -2.23. The zero-order valence-electron chi connectivity index (χ0n) is 15.4. The van der Waals surface area contributed by atoms with Crippen LogP contribution in [0.1, 0.15) is 31.0 Å². The van der Waals surface area contributed by atoms with E-state index in [1.807, 2.05) is 32.0 Å². The molecule has 7 heteroatoms. The van der Waals surface area contributed by atoms with E-state index in [9.17, 15) is 4.79 Å². The van der Waals surface area contributed by atoms with Crippen LogP contribution >= 0.6 is 0 Å². The molecular formula is C19H25N5O2. The summed E-state index contributed by atoms with van der Waals surface area (Å²) < 4.78 is 6.12. The van der Waals surface area contributed by atoms with Gasteiger partial charge in [0.1, 0.15) is 11.9 Å². The highest BCUT2D eigenvalue weighted by molar-refractivity contribution is 6.00. The Balaban J connectivity index is 1.68. The number of hydrogen-bond donors (Lipinski definition) is 3. The second-order valence-corrected chi connectivity index (χ2v) is 6.65. The fraction of sp³-hybridized carbons (Fsp3) is 0.421. The van der Waals surface area contributed by atoms with Crippen molar-refractivity contribution in [2.45, 2.75) is 45.8 Å². The molecule has 0 bridgehead atoms. The lowest BCUT2D eigenvalue weighted by atomic mass is 10.1. The van der Waals surface area contributed by atoms with E-state index in [1.165, 1.54) is 6.20 Å². The molecule has 2 unspecified atom stereocenters. The van der Waals surface area contributed by atoms with E-state index in [0.29, 0.717) is 23.3 Å². The van der Waals surface area contributed by atoms with Gasteiger partial charge in [-0.15, -0.1) is 0 Å². The molecule has 138 valence electrons. The number of amides is 2. The summed E-state index contributed by atoms with van der Waals surface area (Å²) in [6, 6.07) is 5.71. The summed E-state index contributed by atoms with van der Waals surface area (Å²) in [7, 11) is 0. The second-order valence-electron chi connectivity index (χ2n) is 6.65. The van der Waals surface area contributed by atoms with Gasteiger partial charge in [0, 0.05) is 6.04 Å². The third kappa shape index (κ3) is 4.70. The lowest BCUT2D eigenvalue weighted by Crippen LogP contribution is -2.36. The van der Waals surface area contributed by atoms with Crippen LogP contribution in [0.25, 0.3) is 0 Å². The molecule has 0 radical (unpaired) electrons. The quantitative estimate of drug-likeness (QED) is 0.766. The van der Waals surface area contributed by atoms with E-state index in [2.05, 4.69) is 32.8 Å². The minimum absolute atomic E-state index is 0.0202. The number of hydrogen-bond acceptors (Lipinski definition) is 5. The highest BCUT2D eigenvalue weighted by atomic mass is 16.5. The number of benzene rings is 1. The van der Waals surface area contributed by atoms with Crippen LogP contribution in [0.3, 0.4) is 0 Å². The van der Waals surface area contributed by atoms with Crippen LogP contribution in [-0.2, 0) is 0 Å². The predicted molar refractivity (Wildman–Crippen MR) is 102 cm³/mol. The van der Waals surface area contributed by atoms with Crippen LogP contribution in [0.5, 0.6) is 5.75 Å². The molecule has 7 nitrogen and oxygen atoms in total. The number of nitrogens with zero attached hydrogens (tertiary/aromatic N) is 2. The van der Waals surface area contributed by atoms with E-state index >= 15 is 0 Å². The van der Waals surface area contributed by atoms with Gasteiger partial charge in [-0.05, 0) is 57.9 Å². The van der Waals surface area contributed by atoms with Gasteiger partial charge in [0.15, 0.2) is 5.82 Å². The van der Waals surface area contributed by atoms with Crippen LogP contribution in [0, 0.1) is 13.8 Å². The van der Waals surface area contributed by atoms with Crippen LogP contribution in [-0.4, -0.2) is 34.7 Å². The predicted octanol–water partition coefficient (Wildman–Crippen LogP) is 3.26. The van der Waals surface area contributed by atoms with Crippen molar-refractivity contribution in [3.8, 4) is 5.75 Å². The summed E-state index contributed by atoms with van der Waals surface area (Å²) in [5, 5.41) is 8.97. The van der Waals surface area contributed by atoms with Crippen LogP contribution < -0.4 is 20.7 Å². The molecule has 1 fully saturated rings. The molecular weight excluding hydrogens is 330 g/mol. The minimum atomic E-state index is -0.384. The molecule has 0 saturated carbocycles. The van der Waals surface area contributed by atoms with Crippen molar-refractivity contribution in [1.29, 1.82) is 0 Å². The molecule has 0 spiro atoms. The molecule has 1 aliphatic heterocycles. The topological polar surface area (TPSA) is 88.2 Å². The number of aryl methyl sites for hydroxylation is 2. The molecule has 1 saturated heterocycles. The number of aromatic nitrogens is 2. The summed E-state index contributed by atoms with van der Waals surface area (Å²) in [6.07, 6.45) is 5.41. The minimum Gasteiger partial charge on any atom is -0.487 e. The normalized spacial score (nSPS) is 17.6. The molecule has 26 heavy (non-hydrogen) atoms. The standard InChI is InChI=1S/C19H25N5O2/c1-12-6-7-17(26-14(3)15-5-4-8-20-15)16(9-12)23-19(25)24-18-11-21-13(2)10-22-18/h6-7,9-11,14-15,20H,4-5,8H2,1-3H3,(H2,22,23,24,25). The summed E-state index contributed by atoms with van der Waals surface area (Å²) in [6.45, 7) is 6.89. The summed E-state index contributed by atoms with van der Waals surface area (Å²) in [4.78, 5) is 20.6. The number of carbonyl (C=O) groups excluding carboxylic acids is 1. The highest BCUT2D eigenvalue weighted by Gasteiger charge is 2.23. The third-order valence-corrected chi connectivity index (χ3v) is 4.38. The van der Waals surface area contributed by atoms with Gasteiger partial charge >= 0.3 is 6.03 Å². The van der Waals surface area contributed by atoms with E-state index in [1.54, 1.807) is 6.20 Å². The smallest absolute Gasteiger partial charge is 0.324 e. The van der Waals surface area contributed by atoms with Gasteiger partial charge in [0.2, 0.25) is 0 Å². The van der Waals surface area contributed by atoms with Gasteiger partial charge in [0.05, 0.1) is 23.8 Å². The Labute approximate surface area is 153 Å². The van der Waals surface area contributed by atoms with E-state index in [-0.39, 0.29) is 12.1 Å². The maximum absolute atomic E-state index is 12.3. The maximum atomic E-state index is 12.3. The van der Waals surface area contributed by atoms with Gasteiger partial charge in [-0.25, -0.2) is 9.78 Å². The fourth-order valence-corrected chi connectivity index (χ4v) is 2.97. The van der Waals surface area contributed by atoms with Crippen LogP contribution in [0.4, 0.5) is 16.3 Å². The zero-order valence-corrected chi connectivity index (χ0v) is 15.4. The Kier molecular flexibility index (Phi) is 5.68. The Hall–Kier alpha value is -2.67. The van der Waals surface area contributed by atoms with Crippen LogP contribution in [0.15, 0.2) is 30.6 Å². The molecule has 1 aromatic heterocycles. The van der Waals surface area contributed by atoms with Crippen molar-refractivity contribution in [3.63, 3.8) is 0 Å². The first-order valence-electron chi connectivity index (χ1n) is 8.88. The first-order valence-corrected chi connectivity index (χ1v) is 8.88. The van der Waals surface area contributed by atoms with Crippen molar-refractivity contribution in [2.24, 2.45) is 0 Å². The molecule has 2 aromatic rings. The number of carbonyl (C=O) groups is 1. The van der Waals surface area contributed by atoms with Crippen molar-refractivity contribution in [1.82, 2.24) is 15.3 Å². The summed E-state index contributed by atoms with van der Waals surface area (Å²) in [5.41, 5.74) is 2.46. The number of anilines is 2. The van der Waals surface area contributed by atoms with Gasteiger partial charge < -0.3 is 15.4 Å². The Bertz CT molecular complexity index is 757. The number of urea groups is 1. The average molecular weight is 355 g/mol.